The van der Waals surface area contributed by atoms with Crippen molar-refractivity contribution in [3.05, 3.63) is 22.7 Å². The highest BCUT2D eigenvalue weighted by Crippen LogP contribution is 2.30. The lowest BCUT2D eigenvalue weighted by molar-refractivity contribution is -0.116. The van der Waals surface area contributed by atoms with Crippen LogP contribution in [0.2, 0.25) is 5.02 Å². The van der Waals surface area contributed by atoms with E-state index in [9.17, 15) is 4.79 Å². The van der Waals surface area contributed by atoms with Crippen molar-refractivity contribution in [3.8, 4) is 5.75 Å². The van der Waals surface area contributed by atoms with Crippen molar-refractivity contribution in [2.24, 2.45) is 5.92 Å². The second-order valence-electron chi connectivity index (χ2n) is 5.20. The third-order valence-corrected chi connectivity index (χ3v) is 3.24. The van der Waals surface area contributed by atoms with E-state index in [0.29, 0.717) is 35.3 Å². The van der Waals surface area contributed by atoms with Crippen LogP contribution < -0.4 is 15.4 Å². The lowest BCUT2D eigenvalue weighted by Crippen LogP contribution is -2.25. The molecule has 0 aliphatic heterocycles. The molecule has 1 rings (SSSR count). The Morgan fingerprint density at radius 1 is 1.40 bits per heavy atom. The number of carbonyl (C=O) groups excluding carboxylic acids is 1. The molecule has 0 aliphatic rings. The number of halogens is 1. The third kappa shape index (κ3) is 5.39. The zero-order chi connectivity index (χ0) is 15.1. The molecule has 5 heteroatoms. The fourth-order valence-electron chi connectivity index (χ4n) is 1.74. The van der Waals surface area contributed by atoms with Crippen molar-refractivity contribution in [1.29, 1.82) is 0 Å². The lowest BCUT2D eigenvalue weighted by Gasteiger charge is -2.12. The summed E-state index contributed by atoms with van der Waals surface area (Å²) in [6.45, 7) is 7.74. The summed E-state index contributed by atoms with van der Waals surface area (Å²) in [5.41, 5.74) is 1.56. The summed E-state index contributed by atoms with van der Waals surface area (Å²) in [6.07, 6.45) is 0.428. The SMILES string of the molecule is COc1cc(Cl)c(C)cc1NC(=O)CCNCC(C)C. The third-order valence-electron chi connectivity index (χ3n) is 2.84. The Bertz CT molecular complexity index is 461. The number of carbonyl (C=O) groups is 1. The van der Waals surface area contributed by atoms with Gasteiger partial charge in [-0.2, -0.15) is 0 Å². The van der Waals surface area contributed by atoms with E-state index in [4.69, 9.17) is 16.3 Å². The first-order valence-corrected chi connectivity index (χ1v) is 7.16. The summed E-state index contributed by atoms with van der Waals surface area (Å²) >= 11 is 6.03. The van der Waals surface area contributed by atoms with Crippen LogP contribution in [0.25, 0.3) is 0 Å². The minimum Gasteiger partial charge on any atom is -0.495 e. The van der Waals surface area contributed by atoms with E-state index in [1.54, 1.807) is 13.2 Å². The van der Waals surface area contributed by atoms with E-state index in [0.717, 1.165) is 12.1 Å². The van der Waals surface area contributed by atoms with Crippen molar-refractivity contribution >= 4 is 23.2 Å². The van der Waals surface area contributed by atoms with Crippen LogP contribution >= 0.6 is 11.6 Å². The number of hydrogen-bond acceptors (Lipinski definition) is 3. The maximum absolute atomic E-state index is 11.9. The fraction of sp³-hybridized carbons (Fsp3) is 0.533. The van der Waals surface area contributed by atoms with Gasteiger partial charge < -0.3 is 15.4 Å². The minimum absolute atomic E-state index is 0.0405. The quantitative estimate of drug-likeness (QED) is 0.760. The molecule has 0 bridgehead atoms. The minimum atomic E-state index is -0.0405. The first kappa shape index (κ1) is 16.8. The number of anilines is 1. The first-order valence-electron chi connectivity index (χ1n) is 6.78. The van der Waals surface area contributed by atoms with Gasteiger partial charge in [0.1, 0.15) is 5.75 Å². The molecule has 0 atom stereocenters. The number of methoxy groups -OCH3 is 1. The number of amides is 1. The maximum atomic E-state index is 11.9. The van der Waals surface area contributed by atoms with Crippen molar-refractivity contribution in [1.82, 2.24) is 5.32 Å². The molecule has 1 aromatic rings. The maximum Gasteiger partial charge on any atom is 0.225 e. The number of benzene rings is 1. The van der Waals surface area contributed by atoms with Gasteiger partial charge in [-0.15, -0.1) is 0 Å². The van der Waals surface area contributed by atoms with Crippen LogP contribution in [-0.4, -0.2) is 26.1 Å². The highest BCUT2D eigenvalue weighted by atomic mass is 35.5. The molecule has 1 amide bonds. The van der Waals surface area contributed by atoms with Crippen LogP contribution in [-0.2, 0) is 4.79 Å². The molecule has 4 nitrogen and oxygen atoms in total. The van der Waals surface area contributed by atoms with E-state index in [1.165, 1.54) is 0 Å². The normalized spacial score (nSPS) is 10.7. The average molecular weight is 299 g/mol. The summed E-state index contributed by atoms with van der Waals surface area (Å²) in [5.74, 6) is 1.11. The topological polar surface area (TPSA) is 50.4 Å². The smallest absolute Gasteiger partial charge is 0.225 e. The molecule has 0 saturated carbocycles. The molecule has 0 radical (unpaired) electrons. The van der Waals surface area contributed by atoms with Gasteiger partial charge in [0.05, 0.1) is 12.8 Å². The number of ether oxygens (including phenoxy) is 1. The molecule has 0 fully saturated rings. The highest BCUT2D eigenvalue weighted by Gasteiger charge is 2.10. The lowest BCUT2D eigenvalue weighted by atomic mass is 10.2. The molecular formula is C15H23ClN2O2. The molecule has 0 heterocycles. The summed E-state index contributed by atoms with van der Waals surface area (Å²) in [4.78, 5) is 11.9. The Balaban J connectivity index is 2.55. The first-order chi connectivity index (χ1) is 9.43. The number of aryl methyl sites for hydroxylation is 1. The highest BCUT2D eigenvalue weighted by molar-refractivity contribution is 6.31. The summed E-state index contributed by atoms with van der Waals surface area (Å²) in [7, 11) is 1.56. The number of nitrogens with one attached hydrogen (secondary N) is 2. The summed E-state index contributed by atoms with van der Waals surface area (Å²) in [6, 6.07) is 3.53. The molecule has 1 aromatic carbocycles. The number of hydrogen-bond donors (Lipinski definition) is 2. The predicted octanol–water partition coefficient (Wildman–Crippen LogP) is 3.23. The van der Waals surface area contributed by atoms with Crippen molar-refractivity contribution in [2.75, 3.05) is 25.5 Å². The second kappa shape index (κ2) is 8.12. The van der Waals surface area contributed by atoms with E-state index in [2.05, 4.69) is 24.5 Å². The molecule has 20 heavy (non-hydrogen) atoms. The molecular weight excluding hydrogens is 276 g/mol. The summed E-state index contributed by atoms with van der Waals surface area (Å²) < 4.78 is 5.22. The van der Waals surface area contributed by atoms with Gasteiger partial charge in [0, 0.05) is 24.1 Å². The molecule has 0 aromatic heterocycles. The van der Waals surface area contributed by atoms with E-state index < -0.39 is 0 Å². The molecule has 0 spiro atoms. The molecule has 0 saturated heterocycles. The second-order valence-corrected chi connectivity index (χ2v) is 5.61. The Labute approximate surface area is 125 Å². The zero-order valence-corrected chi connectivity index (χ0v) is 13.3. The van der Waals surface area contributed by atoms with Gasteiger partial charge in [-0.1, -0.05) is 25.4 Å². The average Bonchev–Trinajstić information content (AvgIpc) is 2.38. The van der Waals surface area contributed by atoms with Crippen molar-refractivity contribution in [2.45, 2.75) is 27.2 Å². The van der Waals surface area contributed by atoms with E-state index in [-0.39, 0.29) is 5.91 Å². The zero-order valence-electron chi connectivity index (χ0n) is 12.5. The van der Waals surface area contributed by atoms with Crippen LogP contribution in [0.3, 0.4) is 0 Å². The molecule has 0 unspecified atom stereocenters. The van der Waals surface area contributed by atoms with Gasteiger partial charge >= 0.3 is 0 Å². The molecule has 2 N–H and O–H groups in total. The van der Waals surface area contributed by atoms with Gasteiger partial charge in [-0.3, -0.25) is 4.79 Å². The Hall–Kier alpha value is -1.26. The van der Waals surface area contributed by atoms with Crippen molar-refractivity contribution < 1.29 is 9.53 Å². The van der Waals surface area contributed by atoms with Crippen LogP contribution in [0, 0.1) is 12.8 Å². The van der Waals surface area contributed by atoms with Crippen molar-refractivity contribution in [3.63, 3.8) is 0 Å². The van der Waals surface area contributed by atoms with Gasteiger partial charge in [-0.25, -0.2) is 0 Å². The predicted molar refractivity (Wildman–Crippen MR) is 83.7 cm³/mol. The molecule has 112 valence electrons. The van der Waals surface area contributed by atoms with Gasteiger partial charge in [0.2, 0.25) is 5.91 Å². The number of rotatable bonds is 7. The largest absolute Gasteiger partial charge is 0.495 e. The van der Waals surface area contributed by atoms with Gasteiger partial charge in [-0.05, 0) is 31.0 Å². The van der Waals surface area contributed by atoms with E-state index >= 15 is 0 Å². The van der Waals surface area contributed by atoms with Gasteiger partial charge in [0.25, 0.3) is 0 Å². The Morgan fingerprint density at radius 2 is 2.10 bits per heavy atom. The van der Waals surface area contributed by atoms with Crippen LogP contribution in [0.1, 0.15) is 25.8 Å². The van der Waals surface area contributed by atoms with Crippen LogP contribution in [0.4, 0.5) is 5.69 Å². The van der Waals surface area contributed by atoms with Gasteiger partial charge in [0.15, 0.2) is 0 Å². The molecule has 0 aliphatic carbocycles. The van der Waals surface area contributed by atoms with Crippen LogP contribution in [0.15, 0.2) is 12.1 Å². The summed E-state index contributed by atoms with van der Waals surface area (Å²) in [5, 5.41) is 6.72. The van der Waals surface area contributed by atoms with E-state index in [1.807, 2.05) is 13.0 Å². The standard InChI is InChI=1S/C15H23ClN2O2/c1-10(2)9-17-6-5-15(19)18-13-7-11(3)12(16)8-14(13)20-4/h7-8,10,17H,5-6,9H2,1-4H3,(H,18,19). The fourth-order valence-corrected chi connectivity index (χ4v) is 1.89. The van der Waals surface area contributed by atoms with Crippen LogP contribution in [0.5, 0.6) is 5.75 Å². The Kier molecular flexibility index (Phi) is 6.82. The monoisotopic (exact) mass is 298 g/mol. The Morgan fingerprint density at radius 3 is 2.70 bits per heavy atom.